The molecule has 0 spiro atoms. The number of aromatic nitrogens is 3. The Morgan fingerprint density at radius 1 is 0.829 bits per heavy atom. The van der Waals surface area contributed by atoms with Crippen molar-refractivity contribution in [1.82, 2.24) is 15.0 Å². The summed E-state index contributed by atoms with van der Waals surface area (Å²) in [7, 11) is 2.03. The monoisotopic (exact) mass is 466 g/mol. The molecule has 1 aliphatic rings. The van der Waals surface area contributed by atoms with Crippen LogP contribution in [0.25, 0.3) is 10.8 Å². The molecule has 1 unspecified atom stereocenters. The molecule has 0 aliphatic heterocycles. The first kappa shape index (κ1) is 23.1. The van der Waals surface area contributed by atoms with Gasteiger partial charge in [-0.05, 0) is 41.7 Å². The maximum atomic E-state index is 4.82. The normalized spacial score (nSPS) is 15.0. The molecule has 5 rings (SSSR count). The van der Waals surface area contributed by atoms with Gasteiger partial charge in [-0.1, -0.05) is 92.1 Å². The molecule has 35 heavy (non-hydrogen) atoms. The fourth-order valence-corrected chi connectivity index (χ4v) is 4.92. The Hall–Kier alpha value is -3.67. The maximum Gasteiger partial charge on any atom is 0.231 e. The largest absolute Gasteiger partial charge is 0.351 e. The molecule has 1 atom stereocenters. The van der Waals surface area contributed by atoms with Crippen LogP contribution in [0.15, 0.2) is 72.8 Å². The quantitative estimate of drug-likeness (QED) is 0.306. The summed E-state index contributed by atoms with van der Waals surface area (Å²) >= 11 is 0. The van der Waals surface area contributed by atoms with E-state index in [1.54, 1.807) is 0 Å². The lowest BCUT2D eigenvalue weighted by Gasteiger charge is -2.24. The highest BCUT2D eigenvalue weighted by atomic mass is 15.3. The van der Waals surface area contributed by atoms with Gasteiger partial charge >= 0.3 is 0 Å². The van der Waals surface area contributed by atoms with Gasteiger partial charge in [-0.3, -0.25) is 0 Å². The molecular formula is C29H34N6. The van der Waals surface area contributed by atoms with Crippen LogP contribution in [0.2, 0.25) is 0 Å². The number of anilines is 3. The lowest BCUT2D eigenvalue weighted by atomic mass is 9.96. The van der Waals surface area contributed by atoms with Crippen molar-refractivity contribution in [1.29, 1.82) is 0 Å². The summed E-state index contributed by atoms with van der Waals surface area (Å²) in [5.41, 5.74) is 2.44. The second kappa shape index (κ2) is 10.7. The average molecular weight is 467 g/mol. The Morgan fingerprint density at radius 3 is 2.37 bits per heavy atom. The van der Waals surface area contributed by atoms with E-state index in [9.17, 15) is 0 Å². The highest BCUT2D eigenvalue weighted by Crippen LogP contribution is 2.27. The van der Waals surface area contributed by atoms with Crippen LogP contribution in [0.1, 0.15) is 56.2 Å². The highest BCUT2D eigenvalue weighted by Gasteiger charge is 2.18. The molecule has 180 valence electrons. The van der Waals surface area contributed by atoms with E-state index in [1.807, 2.05) is 13.1 Å². The van der Waals surface area contributed by atoms with E-state index >= 15 is 0 Å². The third kappa shape index (κ3) is 5.70. The number of nitrogens with one attached hydrogen (secondary N) is 2. The zero-order chi connectivity index (χ0) is 24.0. The molecular weight excluding hydrogens is 432 g/mol. The lowest BCUT2D eigenvalue weighted by molar-refractivity contribution is 0.460. The van der Waals surface area contributed by atoms with E-state index in [1.165, 1.54) is 41.2 Å². The number of hydrogen-bond donors (Lipinski definition) is 2. The van der Waals surface area contributed by atoms with Crippen LogP contribution in [-0.4, -0.2) is 28.0 Å². The Labute approximate surface area is 207 Å². The van der Waals surface area contributed by atoms with Gasteiger partial charge in [0.1, 0.15) is 0 Å². The standard InChI is InChI=1S/C29H34N6/c1-21(25-19-11-15-23-14-9-10-18-26(23)25)30-27-32-28(31-24-16-7-4-8-17-24)34-29(33-27)35(2)20-22-12-5-3-6-13-22/h3,5-6,9-15,18-19,21,24H,4,7-8,16-17,20H2,1-2H3,(H2,30,31,32,33,34). The van der Waals surface area contributed by atoms with Gasteiger partial charge in [0.2, 0.25) is 17.8 Å². The SMILES string of the molecule is CC(Nc1nc(NC2CCCCC2)nc(N(C)Cc2ccccc2)n1)c1cccc2ccccc12. The predicted octanol–water partition coefficient (Wildman–Crippen LogP) is 6.58. The summed E-state index contributed by atoms with van der Waals surface area (Å²) in [6, 6.07) is 25.8. The number of fused-ring (bicyclic) bond motifs is 1. The van der Waals surface area contributed by atoms with E-state index in [0.717, 1.165) is 19.4 Å². The molecule has 0 radical (unpaired) electrons. The first-order valence-corrected chi connectivity index (χ1v) is 12.7. The van der Waals surface area contributed by atoms with Crippen molar-refractivity contribution in [2.75, 3.05) is 22.6 Å². The van der Waals surface area contributed by atoms with Crippen LogP contribution >= 0.6 is 0 Å². The Bertz CT molecular complexity index is 1250. The van der Waals surface area contributed by atoms with Crippen molar-refractivity contribution in [3.63, 3.8) is 0 Å². The molecule has 1 saturated carbocycles. The van der Waals surface area contributed by atoms with E-state index in [0.29, 0.717) is 23.9 Å². The lowest BCUT2D eigenvalue weighted by Crippen LogP contribution is -2.26. The van der Waals surface area contributed by atoms with Crippen molar-refractivity contribution in [2.24, 2.45) is 0 Å². The number of benzene rings is 3. The first-order chi connectivity index (χ1) is 17.2. The molecule has 4 aromatic rings. The van der Waals surface area contributed by atoms with E-state index in [4.69, 9.17) is 15.0 Å². The molecule has 1 aromatic heterocycles. The Balaban J connectivity index is 1.42. The van der Waals surface area contributed by atoms with E-state index in [-0.39, 0.29) is 6.04 Å². The molecule has 6 nitrogen and oxygen atoms in total. The molecule has 1 heterocycles. The fraction of sp³-hybridized carbons (Fsp3) is 0.345. The third-order valence-corrected chi connectivity index (χ3v) is 6.80. The summed E-state index contributed by atoms with van der Waals surface area (Å²) in [6.07, 6.45) is 6.15. The summed E-state index contributed by atoms with van der Waals surface area (Å²) in [6.45, 7) is 2.89. The van der Waals surface area contributed by atoms with Crippen LogP contribution < -0.4 is 15.5 Å². The molecule has 6 heteroatoms. The van der Waals surface area contributed by atoms with Crippen molar-refractivity contribution in [2.45, 2.75) is 57.7 Å². The number of nitrogens with zero attached hydrogens (tertiary/aromatic N) is 4. The minimum atomic E-state index is 0.0401. The summed E-state index contributed by atoms with van der Waals surface area (Å²) < 4.78 is 0. The summed E-state index contributed by atoms with van der Waals surface area (Å²) in [5.74, 6) is 1.90. The van der Waals surface area contributed by atoms with Crippen LogP contribution in [0.4, 0.5) is 17.8 Å². The number of hydrogen-bond acceptors (Lipinski definition) is 6. The van der Waals surface area contributed by atoms with Crippen molar-refractivity contribution < 1.29 is 0 Å². The smallest absolute Gasteiger partial charge is 0.231 e. The van der Waals surface area contributed by atoms with Crippen LogP contribution in [0.5, 0.6) is 0 Å². The van der Waals surface area contributed by atoms with E-state index in [2.05, 4.69) is 89.2 Å². The second-order valence-electron chi connectivity index (χ2n) is 9.54. The molecule has 2 N–H and O–H groups in total. The van der Waals surface area contributed by atoms with Crippen molar-refractivity contribution in [3.05, 3.63) is 83.9 Å². The van der Waals surface area contributed by atoms with Gasteiger partial charge in [0.05, 0.1) is 6.04 Å². The zero-order valence-corrected chi connectivity index (χ0v) is 20.6. The molecule has 0 amide bonds. The third-order valence-electron chi connectivity index (χ3n) is 6.80. The molecule has 0 bridgehead atoms. The van der Waals surface area contributed by atoms with Gasteiger partial charge in [-0.25, -0.2) is 0 Å². The molecule has 3 aromatic carbocycles. The minimum Gasteiger partial charge on any atom is -0.351 e. The van der Waals surface area contributed by atoms with Gasteiger partial charge in [0.15, 0.2) is 0 Å². The molecule has 1 fully saturated rings. The first-order valence-electron chi connectivity index (χ1n) is 12.7. The van der Waals surface area contributed by atoms with Gasteiger partial charge in [-0.2, -0.15) is 15.0 Å². The van der Waals surface area contributed by atoms with Crippen molar-refractivity contribution >= 4 is 28.6 Å². The minimum absolute atomic E-state index is 0.0401. The van der Waals surface area contributed by atoms with Gasteiger partial charge in [0.25, 0.3) is 0 Å². The van der Waals surface area contributed by atoms with Gasteiger partial charge in [0, 0.05) is 19.6 Å². The topological polar surface area (TPSA) is 66.0 Å². The van der Waals surface area contributed by atoms with Gasteiger partial charge < -0.3 is 15.5 Å². The molecule has 0 saturated heterocycles. The van der Waals surface area contributed by atoms with Gasteiger partial charge in [-0.15, -0.1) is 0 Å². The summed E-state index contributed by atoms with van der Waals surface area (Å²) in [5, 5.41) is 9.63. The van der Waals surface area contributed by atoms with Crippen LogP contribution in [0.3, 0.4) is 0 Å². The second-order valence-corrected chi connectivity index (χ2v) is 9.54. The number of rotatable bonds is 8. The van der Waals surface area contributed by atoms with E-state index < -0.39 is 0 Å². The Kier molecular flexibility index (Phi) is 7.07. The predicted molar refractivity (Wildman–Crippen MR) is 145 cm³/mol. The fourth-order valence-electron chi connectivity index (χ4n) is 4.92. The Morgan fingerprint density at radius 2 is 1.54 bits per heavy atom. The van der Waals surface area contributed by atoms with Crippen molar-refractivity contribution in [3.8, 4) is 0 Å². The average Bonchev–Trinajstić information content (AvgIpc) is 2.89. The summed E-state index contributed by atoms with van der Waals surface area (Å²) in [4.78, 5) is 16.5. The van der Waals surface area contributed by atoms with Crippen LogP contribution in [0, 0.1) is 0 Å². The maximum absolute atomic E-state index is 4.82. The highest BCUT2D eigenvalue weighted by molar-refractivity contribution is 5.86. The van der Waals surface area contributed by atoms with Crippen LogP contribution in [-0.2, 0) is 6.54 Å². The zero-order valence-electron chi connectivity index (χ0n) is 20.6. The molecule has 1 aliphatic carbocycles.